The fourth-order valence-electron chi connectivity index (χ4n) is 2.84. The second-order valence-electron chi connectivity index (χ2n) is 5.23. The summed E-state index contributed by atoms with van der Waals surface area (Å²) in [7, 11) is 2.04. The van der Waals surface area contributed by atoms with E-state index in [9.17, 15) is 0 Å². The van der Waals surface area contributed by atoms with E-state index in [4.69, 9.17) is 11.6 Å². The number of piperidine rings is 1. The number of nitrogens with one attached hydrogen (secondary N) is 1. The maximum Gasteiger partial charge on any atom is 0.0453 e. The van der Waals surface area contributed by atoms with Gasteiger partial charge >= 0.3 is 0 Å². The molecule has 18 heavy (non-hydrogen) atoms. The molecule has 0 radical (unpaired) electrons. The van der Waals surface area contributed by atoms with Crippen molar-refractivity contribution in [1.29, 1.82) is 0 Å². The number of rotatable bonds is 4. The fourth-order valence-corrected chi connectivity index (χ4v) is 3.14. The van der Waals surface area contributed by atoms with Crippen molar-refractivity contribution in [2.75, 3.05) is 26.7 Å². The van der Waals surface area contributed by atoms with E-state index in [0.29, 0.717) is 6.04 Å². The molecule has 0 saturated carbocycles. The molecule has 2 rings (SSSR count). The largest absolute Gasteiger partial charge is 0.319 e. The van der Waals surface area contributed by atoms with Crippen molar-refractivity contribution < 1.29 is 0 Å². The van der Waals surface area contributed by atoms with Gasteiger partial charge in [0.25, 0.3) is 0 Å². The summed E-state index contributed by atoms with van der Waals surface area (Å²) in [6, 6.07) is 8.63. The molecule has 0 aliphatic carbocycles. The summed E-state index contributed by atoms with van der Waals surface area (Å²) in [6.07, 6.45) is 2.57. The molecule has 1 aliphatic heterocycles. The van der Waals surface area contributed by atoms with Gasteiger partial charge in [0.1, 0.15) is 0 Å². The average molecular weight is 267 g/mol. The molecule has 2 nitrogen and oxygen atoms in total. The third-order valence-electron chi connectivity index (χ3n) is 4.04. The minimum Gasteiger partial charge on any atom is -0.319 e. The Morgan fingerprint density at radius 2 is 2.00 bits per heavy atom. The zero-order valence-electron chi connectivity index (χ0n) is 11.3. The molecule has 1 aromatic rings. The number of nitrogens with zero attached hydrogens (tertiary/aromatic N) is 1. The Kier molecular flexibility index (Phi) is 5.04. The van der Waals surface area contributed by atoms with Crippen LogP contribution in [0.4, 0.5) is 0 Å². The van der Waals surface area contributed by atoms with Gasteiger partial charge in [-0.05, 0) is 64.0 Å². The summed E-state index contributed by atoms with van der Waals surface area (Å²) >= 11 is 6.28. The first-order valence-corrected chi connectivity index (χ1v) is 7.23. The molecule has 1 atom stereocenters. The van der Waals surface area contributed by atoms with Crippen LogP contribution in [0.1, 0.15) is 31.4 Å². The molecule has 3 heteroatoms. The summed E-state index contributed by atoms with van der Waals surface area (Å²) in [5.41, 5.74) is 1.26. The van der Waals surface area contributed by atoms with Crippen molar-refractivity contribution in [2.45, 2.75) is 25.8 Å². The van der Waals surface area contributed by atoms with Gasteiger partial charge in [-0.15, -0.1) is 0 Å². The Bertz CT molecular complexity index is 373. The Morgan fingerprint density at radius 1 is 1.33 bits per heavy atom. The minimum atomic E-state index is 0.425. The van der Waals surface area contributed by atoms with E-state index in [2.05, 4.69) is 29.3 Å². The molecule has 1 heterocycles. The average Bonchev–Trinajstić information content (AvgIpc) is 2.40. The monoisotopic (exact) mass is 266 g/mol. The van der Waals surface area contributed by atoms with E-state index in [-0.39, 0.29) is 0 Å². The molecule has 1 unspecified atom stereocenters. The highest BCUT2D eigenvalue weighted by Gasteiger charge is 2.23. The Morgan fingerprint density at radius 3 is 2.61 bits per heavy atom. The molecule has 0 bridgehead atoms. The van der Waals surface area contributed by atoms with Crippen molar-refractivity contribution >= 4 is 11.6 Å². The highest BCUT2D eigenvalue weighted by atomic mass is 35.5. The van der Waals surface area contributed by atoms with Gasteiger partial charge < -0.3 is 5.32 Å². The number of halogens is 1. The van der Waals surface area contributed by atoms with Gasteiger partial charge in [-0.25, -0.2) is 0 Å². The molecule has 0 spiro atoms. The summed E-state index contributed by atoms with van der Waals surface area (Å²) in [5.74, 6) is 0.838. The maximum atomic E-state index is 6.28. The van der Waals surface area contributed by atoms with E-state index < -0.39 is 0 Å². The van der Waals surface area contributed by atoms with E-state index >= 15 is 0 Å². The molecule has 1 N–H and O–H groups in total. The van der Waals surface area contributed by atoms with Gasteiger partial charge in [-0.1, -0.05) is 29.8 Å². The Labute approximate surface area is 115 Å². The number of hydrogen-bond acceptors (Lipinski definition) is 2. The van der Waals surface area contributed by atoms with Gasteiger partial charge in [0.15, 0.2) is 0 Å². The molecule has 100 valence electrons. The number of hydrogen-bond donors (Lipinski definition) is 1. The topological polar surface area (TPSA) is 15.3 Å². The first-order valence-electron chi connectivity index (χ1n) is 6.85. The second-order valence-corrected chi connectivity index (χ2v) is 5.64. The summed E-state index contributed by atoms with van der Waals surface area (Å²) < 4.78 is 0. The predicted octanol–water partition coefficient (Wildman–Crippen LogP) is 3.33. The number of likely N-dealkylation sites (tertiary alicyclic amines) is 1. The zero-order valence-corrected chi connectivity index (χ0v) is 12.1. The molecular weight excluding hydrogens is 244 g/mol. The van der Waals surface area contributed by atoms with Crippen molar-refractivity contribution in [3.63, 3.8) is 0 Å². The Balaban J connectivity index is 1.95. The predicted molar refractivity (Wildman–Crippen MR) is 78.1 cm³/mol. The summed E-state index contributed by atoms with van der Waals surface area (Å²) in [5, 5.41) is 4.17. The van der Waals surface area contributed by atoms with Crippen LogP contribution in [0.15, 0.2) is 24.3 Å². The SMILES string of the molecule is CNCC1CCN(C(C)c2ccccc2Cl)CC1. The van der Waals surface area contributed by atoms with Crippen LogP contribution in [0, 0.1) is 5.92 Å². The van der Waals surface area contributed by atoms with E-state index in [1.807, 2.05) is 19.2 Å². The van der Waals surface area contributed by atoms with Crippen molar-refractivity contribution in [3.8, 4) is 0 Å². The molecule has 1 fully saturated rings. The van der Waals surface area contributed by atoms with Gasteiger partial charge in [0, 0.05) is 11.1 Å². The zero-order chi connectivity index (χ0) is 13.0. The third kappa shape index (κ3) is 3.25. The summed E-state index contributed by atoms with van der Waals surface area (Å²) in [6.45, 7) is 5.77. The van der Waals surface area contributed by atoms with Crippen LogP contribution in [-0.4, -0.2) is 31.6 Å². The van der Waals surface area contributed by atoms with Gasteiger partial charge in [-0.3, -0.25) is 4.90 Å². The van der Waals surface area contributed by atoms with Crippen LogP contribution >= 0.6 is 11.6 Å². The lowest BCUT2D eigenvalue weighted by Crippen LogP contribution is -2.38. The van der Waals surface area contributed by atoms with E-state index in [1.165, 1.54) is 31.5 Å². The molecular formula is C15H23ClN2. The van der Waals surface area contributed by atoms with Crippen LogP contribution in [0.5, 0.6) is 0 Å². The smallest absolute Gasteiger partial charge is 0.0453 e. The fraction of sp³-hybridized carbons (Fsp3) is 0.600. The standard InChI is InChI=1S/C15H23ClN2/c1-12(14-5-3-4-6-15(14)16)18-9-7-13(8-10-18)11-17-2/h3-6,12-13,17H,7-11H2,1-2H3. The van der Waals surface area contributed by atoms with Gasteiger partial charge in [0.2, 0.25) is 0 Å². The lowest BCUT2D eigenvalue weighted by Gasteiger charge is -2.36. The lowest BCUT2D eigenvalue weighted by molar-refractivity contribution is 0.141. The first kappa shape index (κ1) is 13.9. The quantitative estimate of drug-likeness (QED) is 0.899. The van der Waals surface area contributed by atoms with Crippen LogP contribution in [0.3, 0.4) is 0 Å². The lowest BCUT2D eigenvalue weighted by atomic mass is 9.94. The molecule has 1 saturated heterocycles. The number of benzene rings is 1. The van der Waals surface area contributed by atoms with Crippen molar-refractivity contribution in [3.05, 3.63) is 34.9 Å². The molecule has 0 amide bonds. The normalized spacial score (nSPS) is 19.9. The van der Waals surface area contributed by atoms with Crippen LogP contribution in [-0.2, 0) is 0 Å². The van der Waals surface area contributed by atoms with Crippen molar-refractivity contribution in [2.24, 2.45) is 5.92 Å². The van der Waals surface area contributed by atoms with E-state index in [0.717, 1.165) is 17.5 Å². The van der Waals surface area contributed by atoms with Crippen LogP contribution < -0.4 is 5.32 Å². The second kappa shape index (κ2) is 6.55. The molecule has 0 aromatic heterocycles. The molecule has 1 aliphatic rings. The third-order valence-corrected chi connectivity index (χ3v) is 4.39. The minimum absolute atomic E-state index is 0.425. The maximum absolute atomic E-state index is 6.28. The summed E-state index contributed by atoms with van der Waals surface area (Å²) in [4.78, 5) is 2.55. The highest BCUT2D eigenvalue weighted by molar-refractivity contribution is 6.31. The van der Waals surface area contributed by atoms with Gasteiger partial charge in [0.05, 0.1) is 0 Å². The Hall–Kier alpha value is -0.570. The first-order chi connectivity index (χ1) is 8.72. The van der Waals surface area contributed by atoms with Crippen LogP contribution in [0.2, 0.25) is 5.02 Å². The highest BCUT2D eigenvalue weighted by Crippen LogP contribution is 2.30. The van der Waals surface area contributed by atoms with Crippen molar-refractivity contribution in [1.82, 2.24) is 10.2 Å². The van der Waals surface area contributed by atoms with Gasteiger partial charge in [-0.2, -0.15) is 0 Å². The van der Waals surface area contributed by atoms with E-state index in [1.54, 1.807) is 0 Å². The molecule has 1 aromatic carbocycles. The van der Waals surface area contributed by atoms with Crippen LogP contribution in [0.25, 0.3) is 0 Å².